The number of aromatic nitrogens is 3. The third kappa shape index (κ3) is 10.0. The lowest BCUT2D eigenvalue weighted by Gasteiger charge is -2.27. The third-order valence-corrected chi connectivity index (χ3v) is 5.78. The number of alkyl carbamates (subject to hydrolysis) is 1. The number of carbonyl (C=O) groups excluding carboxylic acids is 3. The molecule has 0 aliphatic heterocycles. The average Bonchev–Trinajstić information content (AvgIpc) is 2.91. The van der Waals surface area contributed by atoms with Crippen molar-refractivity contribution in [2.75, 3.05) is 34.4 Å². The van der Waals surface area contributed by atoms with Crippen molar-refractivity contribution in [3.05, 3.63) is 66.1 Å². The fourth-order valence-corrected chi connectivity index (χ4v) is 3.66. The minimum Gasteiger partial charge on any atom is -0.444 e. The highest BCUT2D eigenvalue weighted by molar-refractivity contribution is 6.08. The lowest BCUT2D eigenvalue weighted by Crippen LogP contribution is -2.53. The summed E-state index contributed by atoms with van der Waals surface area (Å²) >= 11 is 0. The first kappa shape index (κ1) is 31.8. The first-order valence-electron chi connectivity index (χ1n) is 13.8. The zero-order chi connectivity index (χ0) is 30.8. The summed E-state index contributed by atoms with van der Waals surface area (Å²) in [6.07, 6.45) is 5.89. The molecule has 0 bridgehead atoms. The molecule has 12 heteroatoms. The molecule has 0 saturated heterocycles. The summed E-state index contributed by atoms with van der Waals surface area (Å²) in [6, 6.07) is 10.6. The first-order chi connectivity index (χ1) is 19.9. The first-order valence-corrected chi connectivity index (χ1v) is 13.8. The smallest absolute Gasteiger partial charge is 0.408 e. The number of nitrogens with one attached hydrogen (secondary N) is 5. The quantitative estimate of drug-likeness (QED) is 0.203. The van der Waals surface area contributed by atoms with E-state index in [2.05, 4.69) is 41.5 Å². The summed E-state index contributed by atoms with van der Waals surface area (Å²) < 4.78 is 5.26. The predicted molar refractivity (Wildman–Crippen MR) is 164 cm³/mol. The number of pyridine rings is 1. The topological polar surface area (TPSA) is 159 Å². The molecule has 1 aromatic carbocycles. The summed E-state index contributed by atoms with van der Waals surface area (Å²) in [5, 5.41) is 14.6. The molecule has 0 aliphatic rings. The van der Waals surface area contributed by atoms with Crippen LogP contribution in [0.3, 0.4) is 0 Å². The monoisotopic (exact) mass is 576 g/mol. The lowest BCUT2D eigenvalue weighted by atomic mass is 10.0. The maximum absolute atomic E-state index is 13.2. The normalized spacial score (nSPS) is 11.3. The maximum Gasteiger partial charge on any atom is 0.408 e. The number of rotatable bonds is 12. The van der Waals surface area contributed by atoms with Gasteiger partial charge in [0.15, 0.2) is 0 Å². The van der Waals surface area contributed by atoms with E-state index in [1.54, 1.807) is 71.3 Å². The van der Waals surface area contributed by atoms with Crippen molar-refractivity contribution in [3.63, 3.8) is 0 Å². The van der Waals surface area contributed by atoms with Gasteiger partial charge in [-0.05, 0) is 83.4 Å². The van der Waals surface area contributed by atoms with Gasteiger partial charge in [0.2, 0.25) is 11.9 Å². The minimum atomic E-state index is -1.26. The second-order valence-corrected chi connectivity index (χ2v) is 11.2. The Hall–Kier alpha value is -4.74. The zero-order valence-electron chi connectivity index (χ0n) is 25.0. The van der Waals surface area contributed by atoms with Gasteiger partial charge in [0.05, 0.1) is 0 Å². The van der Waals surface area contributed by atoms with Gasteiger partial charge in [0.25, 0.3) is 5.91 Å². The summed E-state index contributed by atoms with van der Waals surface area (Å²) in [6.45, 7) is 11.6. The maximum atomic E-state index is 13.2. The van der Waals surface area contributed by atoms with E-state index in [1.807, 2.05) is 19.1 Å². The van der Waals surface area contributed by atoms with E-state index >= 15 is 0 Å². The molecule has 0 aliphatic carbocycles. The zero-order valence-corrected chi connectivity index (χ0v) is 25.0. The van der Waals surface area contributed by atoms with Gasteiger partial charge in [-0.2, -0.15) is 4.98 Å². The highest BCUT2D eigenvalue weighted by Gasteiger charge is 2.31. The van der Waals surface area contributed by atoms with Crippen LogP contribution in [0.1, 0.15) is 63.9 Å². The van der Waals surface area contributed by atoms with E-state index in [1.165, 1.54) is 6.20 Å². The van der Waals surface area contributed by atoms with Crippen LogP contribution < -0.4 is 26.6 Å². The Morgan fingerprint density at radius 3 is 2.26 bits per heavy atom. The number of hydrogen-bond donors (Lipinski definition) is 5. The van der Waals surface area contributed by atoms with Crippen molar-refractivity contribution < 1.29 is 19.1 Å². The van der Waals surface area contributed by atoms with Crippen LogP contribution in [0.2, 0.25) is 0 Å². The van der Waals surface area contributed by atoms with E-state index in [9.17, 15) is 14.4 Å². The number of hydrogen-bond acceptors (Lipinski definition) is 9. The van der Waals surface area contributed by atoms with Crippen LogP contribution in [0.15, 0.2) is 55.0 Å². The number of amides is 3. The Bertz CT molecular complexity index is 1370. The van der Waals surface area contributed by atoms with Crippen LogP contribution in [0, 0.1) is 0 Å². The molecule has 2 aromatic heterocycles. The molecule has 0 unspecified atom stereocenters. The van der Waals surface area contributed by atoms with Crippen LogP contribution >= 0.6 is 0 Å². The molecule has 0 fully saturated rings. The molecule has 0 radical (unpaired) electrons. The van der Waals surface area contributed by atoms with E-state index in [0.29, 0.717) is 36.2 Å². The molecular weight excluding hydrogens is 536 g/mol. The van der Waals surface area contributed by atoms with Crippen molar-refractivity contribution >= 4 is 41.0 Å². The van der Waals surface area contributed by atoms with Crippen molar-refractivity contribution in [2.45, 2.75) is 65.5 Å². The Balaban J connectivity index is 1.66. The van der Waals surface area contributed by atoms with Gasteiger partial charge in [-0.1, -0.05) is 13.0 Å². The average molecular weight is 577 g/mol. The molecule has 3 rings (SSSR count). The van der Waals surface area contributed by atoms with Crippen LogP contribution in [-0.2, 0) is 16.0 Å². The SMILES string of the molecule is CCCNc1nc(NCCc2ccncc2)ncc1C(=O)Nc1cccc(NC(=O)C(C)(C)NC(=O)OC(C)(C)C)c1. The summed E-state index contributed by atoms with van der Waals surface area (Å²) in [4.78, 5) is 51.2. The number of anilines is 4. The number of carbonyl (C=O) groups is 3. The molecule has 0 saturated carbocycles. The molecule has 224 valence electrons. The van der Waals surface area contributed by atoms with Crippen molar-refractivity contribution in [3.8, 4) is 0 Å². The molecule has 42 heavy (non-hydrogen) atoms. The molecule has 3 amide bonds. The molecular formula is C30H40N8O4. The fraction of sp³-hybridized carbons (Fsp3) is 0.400. The van der Waals surface area contributed by atoms with Gasteiger partial charge < -0.3 is 31.3 Å². The van der Waals surface area contributed by atoms with Gasteiger partial charge in [-0.25, -0.2) is 9.78 Å². The number of benzene rings is 1. The van der Waals surface area contributed by atoms with Crippen LogP contribution in [-0.4, -0.2) is 57.1 Å². The van der Waals surface area contributed by atoms with Crippen LogP contribution in [0.25, 0.3) is 0 Å². The van der Waals surface area contributed by atoms with Gasteiger partial charge in [0.1, 0.15) is 22.5 Å². The van der Waals surface area contributed by atoms with E-state index < -0.39 is 29.0 Å². The molecule has 3 aromatic rings. The standard InChI is InChI=1S/C30H40N8O4/c1-7-14-32-24-23(19-34-27(37-24)33-17-13-20-11-15-31-16-12-20)25(39)35-21-9-8-10-22(18-21)36-26(40)30(5,6)38-28(41)42-29(2,3)4/h8-12,15-16,18-19H,7,13-14,17H2,1-6H3,(H,35,39)(H,36,40)(H,38,41)(H2,32,33,34,37). The lowest BCUT2D eigenvalue weighted by molar-refractivity contribution is -0.121. The minimum absolute atomic E-state index is 0.278. The molecule has 2 heterocycles. The van der Waals surface area contributed by atoms with Crippen molar-refractivity contribution in [2.24, 2.45) is 0 Å². The predicted octanol–water partition coefficient (Wildman–Crippen LogP) is 4.84. The highest BCUT2D eigenvalue weighted by Crippen LogP contribution is 2.21. The number of nitrogens with zero attached hydrogens (tertiary/aromatic N) is 3. The largest absolute Gasteiger partial charge is 0.444 e. The number of ether oxygens (including phenoxy) is 1. The Morgan fingerprint density at radius 2 is 1.60 bits per heavy atom. The molecule has 12 nitrogen and oxygen atoms in total. The van der Waals surface area contributed by atoms with E-state index in [0.717, 1.165) is 18.4 Å². The summed E-state index contributed by atoms with van der Waals surface area (Å²) in [7, 11) is 0. The fourth-order valence-electron chi connectivity index (χ4n) is 3.66. The Morgan fingerprint density at radius 1 is 0.905 bits per heavy atom. The molecule has 0 atom stereocenters. The Kier molecular flexibility index (Phi) is 10.8. The van der Waals surface area contributed by atoms with Gasteiger partial charge >= 0.3 is 6.09 Å². The van der Waals surface area contributed by atoms with Gasteiger partial charge in [0, 0.05) is 43.1 Å². The molecule has 0 spiro atoms. The van der Waals surface area contributed by atoms with E-state index in [4.69, 9.17) is 4.74 Å². The second-order valence-electron chi connectivity index (χ2n) is 11.2. The van der Waals surface area contributed by atoms with Gasteiger partial charge in [-0.15, -0.1) is 0 Å². The van der Waals surface area contributed by atoms with Crippen LogP contribution in [0.4, 0.5) is 27.9 Å². The van der Waals surface area contributed by atoms with Crippen molar-refractivity contribution in [1.29, 1.82) is 0 Å². The summed E-state index contributed by atoms with van der Waals surface area (Å²) in [5.41, 5.74) is 0.354. The third-order valence-electron chi connectivity index (χ3n) is 5.78. The van der Waals surface area contributed by atoms with E-state index in [-0.39, 0.29) is 5.56 Å². The molecule has 5 N–H and O–H groups in total. The summed E-state index contributed by atoms with van der Waals surface area (Å²) in [5.74, 6) is -0.0441. The van der Waals surface area contributed by atoms with Crippen LogP contribution in [0.5, 0.6) is 0 Å². The Labute approximate surface area is 246 Å². The van der Waals surface area contributed by atoms with Gasteiger partial charge in [-0.3, -0.25) is 14.6 Å². The van der Waals surface area contributed by atoms with Crippen molar-refractivity contribution in [1.82, 2.24) is 20.3 Å². The second kappa shape index (κ2) is 14.2. The highest BCUT2D eigenvalue weighted by atomic mass is 16.6.